The fourth-order valence-electron chi connectivity index (χ4n) is 1.81. The number of halogens is 3. The van der Waals surface area contributed by atoms with Crippen LogP contribution in [-0.2, 0) is 0 Å². The summed E-state index contributed by atoms with van der Waals surface area (Å²) in [4.78, 5) is 2.11. The van der Waals surface area contributed by atoms with E-state index < -0.39 is 5.51 Å². The van der Waals surface area contributed by atoms with Gasteiger partial charge in [0.1, 0.15) is 0 Å². The fourth-order valence-corrected chi connectivity index (χ4v) is 2.39. The SMILES string of the molecule is CNC1(C)CCN(CCSC(F)(F)F)CC1. The average Bonchev–Trinajstić information content (AvgIpc) is 2.20. The van der Waals surface area contributed by atoms with E-state index in [1.165, 1.54) is 0 Å². The molecule has 0 amide bonds. The summed E-state index contributed by atoms with van der Waals surface area (Å²) in [6, 6.07) is 0. The van der Waals surface area contributed by atoms with Crippen LogP contribution in [0.3, 0.4) is 0 Å². The van der Waals surface area contributed by atoms with Crippen LogP contribution in [0.2, 0.25) is 0 Å². The van der Waals surface area contributed by atoms with E-state index in [9.17, 15) is 13.2 Å². The molecule has 0 spiro atoms. The predicted molar refractivity (Wildman–Crippen MR) is 61.7 cm³/mol. The van der Waals surface area contributed by atoms with Crippen molar-refractivity contribution >= 4 is 11.8 Å². The molecule has 0 aromatic rings. The molecule has 0 radical (unpaired) electrons. The number of nitrogens with one attached hydrogen (secondary N) is 1. The largest absolute Gasteiger partial charge is 0.441 e. The van der Waals surface area contributed by atoms with Crippen molar-refractivity contribution in [3.05, 3.63) is 0 Å². The molecule has 1 fully saturated rings. The van der Waals surface area contributed by atoms with Crippen molar-refractivity contribution < 1.29 is 13.2 Å². The maximum Gasteiger partial charge on any atom is 0.441 e. The van der Waals surface area contributed by atoms with Gasteiger partial charge in [0.15, 0.2) is 0 Å². The Morgan fingerprint density at radius 2 is 1.88 bits per heavy atom. The highest BCUT2D eigenvalue weighted by Gasteiger charge is 2.30. The Morgan fingerprint density at radius 3 is 2.31 bits per heavy atom. The Hall–Kier alpha value is 0.0600. The van der Waals surface area contributed by atoms with Gasteiger partial charge in [-0.05, 0) is 51.7 Å². The molecule has 0 bridgehead atoms. The molecule has 1 rings (SSSR count). The number of hydrogen-bond acceptors (Lipinski definition) is 3. The Labute approximate surface area is 98.9 Å². The monoisotopic (exact) mass is 256 g/mol. The molecule has 2 nitrogen and oxygen atoms in total. The summed E-state index contributed by atoms with van der Waals surface area (Å²) in [7, 11) is 1.94. The summed E-state index contributed by atoms with van der Waals surface area (Å²) in [5.41, 5.74) is -3.93. The Kier molecular flexibility index (Phi) is 4.94. The summed E-state index contributed by atoms with van der Waals surface area (Å²) in [6.45, 7) is 4.46. The van der Waals surface area contributed by atoms with E-state index in [1.807, 2.05) is 7.05 Å². The van der Waals surface area contributed by atoms with Gasteiger partial charge in [-0.15, -0.1) is 0 Å². The Balaban J connectivity index is 2.18. The molecule has 16 heavy (non-hydrogen) atoms. The van der Waals surface area contributed by atoms with Gasteiger partial charge >= 0.3 is 5.51 Å². The number of alkyl halides is 3. The third-order valence-electron chi connectivity index (χ3n) is 3.24. The fraction of sp³-hybridized carbons (Fsp3) is 1.00. The van der Waals surface area contributed by atoms with E-state index in [4.69, 9.17) is 0 Å². The van der Waals surface area contributed by atoms with E-state index in [2.05, 4.69) is 17.1 Å². The first-order chi connectivity index (χ1) is 7.35. The molecular weight excluding hydrogens is 237 g/mol. The lowest BCUT2D eigenvalue weighted by molar-refractivity contribution is -0.0329. The summed E-state index contributed by atoms with van der Waals surface area (Å²) in [5.74, 6) is 0.139. The zero-order valence-electron chi connectivity index (χ0n) is 9.73. The zero-order valence-corrected chi connectivity index (χ0v) is 10.5. The van der Waals surface area contributed by atoms with Gasteiger partial charge < -0.3 is 10.2 Å². The molecule has 0 aromatic heterocycles. The number of hydrogen-bond donors (Lipinski definition) is 1. The minimum atomic E-state index is -4.09. The smallest absolute Gasteiger partial charge is 0.314 e. The Bertz CT molecular complexity index is 213. The highest BCUT2D eigenvalue weighted by molar-refractivity contribution is 8.00. The van der Waals surface area contributed by atoms with Gasteiger partial charge in [-0.3, -0.25) is 0 Å². The lowest BCUT2D eigenvalue weighted by Crippen LogP contribution is -2.50. The van der Waals surface area contributed by atoms with Crippen molar-refractivity contribution in [2.24, 2.45) is 0 Å². The number of likely N-dealkylation sites (tertiary alicyclic amines) is 1. The molecule has 96 valence electrons. The second kappa shape index (κ2) is 5.60. The second-order valence-corrected chi connectivity index (χ2v) is 5.61. The molecule has 0 saturated carbocycles. The molecule has 1 aliphatic heterocycles. The first kappa shape index (κ1) is 14.1. The van der Waals surface area contributed by atoms with E-state index in [0.717, 1.165) is 25.9 Å². The summed E-state index contributed by atoms with van der Waals surface area (Å²) < 4.78 is 35.8. The maximum atomic E-state index is 11.9. The molecule has 1 aliphatic rings. The Morgan fingerprint density at radius 1 is 1.31 bits per heavy atom. The highest BCUT2D eigenvalue weighted by Crippen LogP contribution is 2.30. The lowest BCUT2D eigenvalue weighted by atomic mass is 9.90. The van der Waals surface area contributed by atoms with E-state index in [-0.39, 0.29) is 23.1 Å². The van der Waals surface area contributed by atoms with Crippen molar-refractivity contribution in [1.29, 1.82) is 0 Å². The molecule has 1 saturated heterocycles. The van der Waals surface area contributed by atoms with E-state index in [0.29, 0.717) is 6.54 Å². The molecule has 1 N–H and O–H groups in total. The van der Waals surface area contributed by atoms with E-state index >= 15 is 0 Å². The normalized spacial score (nSPS) is 22.3. The van der Waals surface area contributed by atoms with Crippen LogP contribution in [0, 0.1) is 0 Å². The van der Waals surface area contributed by atoms with Gasteiger partial charge in [-0.25, -0.2) is 0 Å². The van der Waals surface area contributed by atoms with Crippen LogP contribution in [0.5, 0.6) is 0 Å². The molecule has 6 heteroatoms. The van der Waals surface area contributed by atoms with E-state index in [1.54, 1.807) is 0 Å². The number of thioether (sulfide) groups is 1. The number of nitrogens with zero attached hydrogens (tertiary/aromatic N) is 1. The lowest BCUT2D eigenvalue weighted by Gasteiger charge is -2.39. The van der Waals surface area contributed by atoms with Crippen molar-refractivity contribution in [2.45, 2.75) is 30.8 Å². The van der Waals surface area contributed by atoms with Crippen LogP contribution >= 0.6 is 11.8 Å². The third kappa shape index (κ3) is 4.93. The van der Waals surface area contributed by atoms with Gasteiger partial charge in [0.2, 0.25) is 0 Å². The van der Waals surface area contributed by atoms with Crippen molar-refractivity contribution in [1.82, 2.24) is 10.2 Å². The van der Waals surface area contributed by atoms with Gasteiger partial charge in [0.25, 0.3) is 0 Å². The zero-order chi connectivity index (χ0) is 12.2. The molecule has 0 atom stereocenters. The van der Waals surface area contributed by atoms with Crippen LogP contribution < -0.4 is 5.32 Å². The number of rotatable bonds is 4. The van der Waals surface area contributed by atoms with Crippen LogP contribution in [0.25, 0.3) is 0 Å². The highest BCUT2D eigenvalue weighted by atomic mass is 32.2. The first-order valence-corrected chi connectivity index (χ1v) is 6.45. The summed E-state index contributed by atoms with van der Waals surface area (Å²) in [6.07, 6.45) is 2.00. The van der Waals surface area contributed by atoms with Crippen LogP contribution in [-0.4, -0.2) is 48.4 Å². The maximum absolute atomic E-state index is 11.9. The molecule has 0 aromatic carbocycles. The van der Waals surface area contributed by atoms with Crippen molar-refractivity contribution in [3.63, 3.8) is 0 Å². The average molecular weight is 256 g/mol. The van der Waals surface area contributed by atoms with Crippen molar-refractivity contribution in [3.8, 4) is 0 Å². The topological polar surface area (TPSA) is 15.3 Å². The minimum absolute atomic E-state index is 0.0756. The van der Waals surface area contributed by atoms with Gasteiger partial charge in [-0.2, -0.15) is 13.2 Å². The van der Waals surface area contributed by atoms with Crippen LogP contribution in [0.1, 0.15) is 19.8 Å². The van der Waals surface area contributed by atoms with Gasteiger partial charge in [-0.1, -0.05) is 0 Å². The molecular formula is C10H19F3N2S. The van der Waals surface area contributed by atoms with Gasteiger partial charge in [0, 0.05) is 17.8 Å². The van der Waals surface area contributed by atoms with Gasteiger partial charge in [0.05, 0.1) is 0 Å². The third-order valence-corrected chi connectivity index (χ3v) is 3.95. The molecule has 0 aliphatic carbocycles. The summed E-state index contributed by atoms with van der Waals surface area (Å²) >= 11 is 0.0756. The van der Waals surface area contributed by atoms with Crippen LogP contribution in [0.4, 0.5) is 13.2 Å². The molecule has 1 heterocycles. The number of piperidine rings is 1. The quantitative estimate of drug-likeness (QED) is 0.831. The van der Waals surface area contributed by atoms with Crippen molar-refractivity contribution in [2.75, 3.05) is 32.4 Å². The van der Waals surface area contributed by atoms with Crippen LogP contribution in [0.15, 0.2) is 0 Å². The minimum Gasteiger partial charge on any atom is -0.314 e. The second-order valence-electron chi connectivity index (χ2n) is 4.45. The standard InChI is InChI=1S/C10H19F3N2S/c1-9(14-2)3-5-15(6-4-9)7-8-16-10(11,12)13/h14H,3-8H2,1-2H3. The molecule has 0 unspecified atom stereocenters. The first-order valence-electron chi connectivity index (χ1n) is 5.47. The summed E-state index contributed by atoms with van der Waals surface area (Å²) in [5, 5.41) is 3.27. The predicted octanol–water partition coefficient (Wildman–Crippen LogP) is 2.31.